The topological polar surface area (TPSA) is 149 Å². The summed E-state index contributed by atoms with van der Waals surface area (Å²) in [4.78, 5) is 59.0. The average molecular weight is 613 g/mol. The molecule has 11 heteroatoms. The summed E-state index contributed by atoms with van der Waals surface area (Å²) in [5.41, 5.74) is 3.43. The number of aromatic nitrogens is 1. The number of nitrogens with zero attached hydrogens (tertiary/aromatic N) is 2. The molecule has 1 aliphatic carbocycles. The van der Waals surface area contributed by atoms with Crippen LogP contribution >= 0.6 is 11.3 Å². The number of aliphatic hydroxyl groups is 1. The molecule has 1 saturated carbocycles. The van der Waals surface area contributed by atoms with Gasteiger partial charge in [0, 0.05) is 19.4 Å². The maximum absolute atomic E-state index is 13.9. The quantitative estimate of drug-likeness (QED) is 0.314. The first-order valence-electron chi connectivity index (χ1n) is 15.0. The molecule has 43 heavy (non-hydrogen) atoms. The molecule has 3 amide bonds. The monoisotopic (exact) mass is 612 g/mol. The number of aliphatic hydroxyl groups excluding tert-OH is 1. The second-order valence-corrected chi connectivity index (χ2v) is 14.2. The number of thiazole rings is 1. The van der Waals surface area contributed by atoms with Crippen LogP contribution in [0, 0.1) is 17.8 Å². The van der Waals surface area contributed by atoms with Crippen molar-refractivity contribution < 1.29 is 29.4 Å². The first-order valence-corrected chi connectivity index (χ1v) is 15.9. The number of carbonyl (C=O) groups is 4. The molecule has 1 saturated heterocycles. The van der Waals surface area contributed by atoms with Gasteiger partial charge in [-0.05, 0) is 48.6 Å². The molecule has 0 radical (unpaired) electrons. The lowest BCUT2D eigenvalue weighted by atomic mass is 9.78. The fourth-order valence-electron chi connectivity index (χ4n) is 6.43. The van der Waals surface area contributed by atoms with Crippen LogP contribution in [0.15, 0.2) is 29.8 Å². The third kappa shape index (κ3) is 7.80. The Hall–Kier alpha value is -3.31. The highest BCUT2D eigenvalue weighted by Crippen LogP contribution is 2.44. The molecule has 10 nitrogen and oxygen atoms in total. The minimum Gasteiger partial charge on any atom is -0.481 e. The molecule has 2 fully saturated rings. The summed E-state index contributed by atoms with van der Waals surface area (Å²) in [6.07, 6.45) is 2.25. The zero-order valence-electron chi connectivity index (χ0n) is 25.7. The first-order chi connectivity index (χ1) is 20.2. The fourth-order valence-corrected chi connectivity index (χ4v) is 7.24. The molecule has 2 unspecified atom stereocenters. The van der Waals surface area contributed by atoms with Crippen molar-refractivity contribution in [2.45, 2.75) is 104 Å². The second-order valence-electron chi connectivity index (χ2n) is 13.3. The van der Waals surface area contributed by atoms with E-state index in [1.807, 2.05) is 64.4 Å². The molecule has 2 heterocycles. The fraction of sp³-hybridized carbons (Fsp3) is 0.594. The van der Waals surface area contributed by atoms with Crippen LogP contribution in [0.1, 0.15) is 89.9 Å². The van der Waals surface area contributed by atoms with Gasteiger partial charge in [0.2, 0.25) is 17.7 Å². The van der Waals surface area contributed by atoms with E-state index in [4.69, 9.17) is 0 Å². The van der Waals surface area contributed by atoms with Crippen molar-refractivity contribution in [1.29, 1.82) is 0 Å². The summed E-state index contributed by atoms with van der Waals surface area (Å²) >= 11 is 1.57. The van der Waals surface area contributed by atoms with Crippen LogP contribution in [-0.4, -0.2) is 68.5 Å². The lowest BCUT2D eigenvalue weighted by Crippen LogP contribution is -2.58. The summed E-state index contributed by atoms with van der Waals surface area (Å²) < 4.78 is 0. The third-order valence-corrected chi connectivity index (χ3v) is 9.76. The highest BCUT2D eigenvalue weighted by Gasteiger charge is 2.45. The van der Waals surface area contributed by atoms with E-state index in [0.29, 0.717) is 12.8 Å². The van der Waals surface area contributed by atoms with Crippen LogP contribution in [-0.2, 0) is 19.2 Å². The minimum absolute atomic E-state index is 0.0143. The van der Waals surface area contributed by atoms with E-state index >= 15 is 0 Å². The van der Waals surface area contributed by atoms with Gasteiger partial charge in [0.25, 0.3) is 0 Å². The highest BCUT2D eigenvalue weighted by atomic mass is 32.1. The van der Waals surface area contributed by atoms with Crippen molar-refractivity contribution in [1.82, 2.24) is 20.5 Å². The number of benzene rings is 1. The summed E-state index contributed by atoms with van der Waals surface area (Å²) in [6, 6.07) is 5.72. The van der Waals surface area contributed by atoms with Gasteiger partial charge in [0.1, 0.15) is 12.1 Å². The van der Waals surface area contributed by atoms with Crippen molar-refractivity contribution in [3.63, 3.8) is 0 Å². The molecule has 1 aromatic carbocycles. The van der Waals surface area contributed by atoms with Crippen LogP contribution in [0.4, 0.5) is 0 Å². The Morgan fingerprint density at radius 1 is 1.09 bits per heavy atom. The van der Waals surface area contributed by atoms with Crippen LogP contribution < -0.4 is 10.6 Å². The number of carboxylic acid groups (broad SMARTS) is 1. The lowest BCUT2D eigenvalue weighted by molar-refractivity contribution is -0.145. The van der Waals surface area contributed by atoms with Gasteiger partial charge in [-0.15, -0.1) is 11.3 Å². The maximum atomic E-state index is 13.9. The number of carboxylic acids is 1. The van der Waals surface area contributed by atoms with E-state index in [-0.39, 0.29) is 43.7 Å². The summed E-state index contributed by atoms with van der Waals surface area (Å²) in [7, 11) is 0. The van der Waals surface area contributed by atoms with Gasteiger partial charge in [-0.1, -0.05) is 57.9 Å². The van der Waals surface area contributed by atoms with Crippen LogP contribution in [0.25, 0.3) is 10.4 Å². The number of hydrogen-bond acceptors (Lipinski definition) is 7. The Morgan fingerprint density at radius 2 is 1.74 bits per heavy atom. The SMILES string of the molecule is Cc1ncsc1-c1ccc(C(C)NC(=O)[C@@H]2C[C@@H](O)CN2C(=O)C(NC(=O)CC2(CC(=O)O)CCCC2)C(C)(C)C)cc1. The van der Waals surface area contributed by atoms with Gasteiger partial charge >= 0.3 is 5.97 Å². The molecular weight excluding hydrogens is 568 g/mol. The van der Waals surface area contributed by atoms with Gasteiger partial charge in [-0.2, -0.15) is 0 Å². The average Bonchev–Trinajstić information content (AvgIpc) is 3.66. The molecule has 4 atom stereocenters. The Balaban J connectivity index is 1.45. The number of rotatable bonds is 10. The van der Waals surface area contributed by atoms with Crippen molar-refractivity contribution in [2.24, 2.45) is 10.8 Å². The van der Waals surface area contributed by atoms with E-state index in [2.05, 4.69) is 15.6 Å². The number of aliphatic carboxylic acids is 1. The smallest absolute Gasteiger partial charge is 0.303 e. The predicted octanol–water partition coefficient (Wildman–Crippen LogP) is 4.21. The minimum atomic E-state index is -0.955. The molecule has 2 aliphatic rings. The van der Waals surface area contributed by atoms with Crippen LogP contribution in [0.5, 0.6) is 0 Å². The Kier molecular flexibility index (Phi) is 9.96. The maximum Gasteiger partial charge on any atom is 0.303 e. The number of hydrogen-bond donors (Lipinski definition) is 4. The van der Waals surface area contributed by atoms with E-state index in [9.17, 15) is 29.4 Å². The van der Waals surface area contributed by atoms with Crippen molar-refractivity contribution >= 4 is 35.0 Å². The molecule has 4 N–H and O–H groups in total. The number of aryl methyl sites for hydroxylation is 1. The Morgan fingerprint density at radius 3 is 2.30 bits per heavy atom. The zero-order valence-corrected chi connectivity index (χ0v) is 26.5. The normalized spacial score (nSPS) is 21.3. The Labute approximate surface area is 257 Å². The molecule has 4 rings (SSSR count). The van der Waals surface area contributed by atoms with Gasteiger partial charge in [0.15, 0.2) is 0 Å². The molecular formula is C32H44N4O6S. The van der Waals surface area contributed by atoms with Crippen molar-refractivity contribution in [3.8, 4) is 10.4 Å². The highest BCUT2D eigenvalue weighted by molar-refractivity contribution is 7.13. The summed E-state index contributed by atoms with van der Waals surface area (Å²) in [5.74, 6) is -2.11. The number of β-amino-alcohol motifs (C(OH)–C–C–N with tert-alkyl or cyclic N) is 1. The van der Waals surface area contributed by atoms with E-state index in [0.717, 1.165) is 34.5 Å². The molecule has 0 bridgehead atoms. The van der Waals surface area contributed by atoms with Gasteiger partial charge in [-0.25, -0.2) is 4.98 Å². The van der Waals surface area contributed by atoms with Crippen LogP contribution in [0.3, 0.4) is 0 Å². The van der Waals surface area contributed by atoms with Crippen molar-refractivity contribution in [3.05, 3.63) is 41.0 Å². The van der Waals surface area contributed by atoms with E-state index in [1.54, 1.807) is 11.3 Å². The van der Waals surface area contributed by atoms with Crippen molar-refractivity contribution in [2.75, 3.05) is 6.54 Å². The predicted molar refractivity (Wildman–Crippen MR) is 164 cm³/mol. The second kappa shape index (κ2) is 13.1. The van der Waals surface area contributed by atoms with Gasteiger partial charge in [0.05, 0.1) is 34.6 Å². The zero-order chi connectivity index (χ0) is 31.5. The standard InChI is InChI=1S/C32H44N4O6S/c1-19(21-8-10-22(11-9-21)27-20(2)33-18-43-27)34-29(41)24-14-23(37)17-36(24)30(42)28(31(3,4)5)35-25(38)15-32(16-26(39)40)12-6-7-13-32/h8-11,18-19,23-24,28,37H,6-7,12-17H2,1-5H3,(H,34,41)(H,35,38)(H,39,40)/t19?,23-,24+,28?/m1/s1. The molecule has 1 aliphatic heterocycles. The molecule has 1 aromatic heterocycles. The number of carbonyl (C=O) groups excluding carboxylic acids is 3. The van der Waals surface area contributed by atoms with Gasteiger partial charge in [-0.3, -0.25) is 19.2 Å². The largest absolute Gasteiger partial charge is 0.481 e. The van der Waals surface area contributed by atoms with E-state index in [1.165, 1.54) is 4.90 Å². The summed E-state index contributed by atoms with van der Waals surface area (Å²) in [5, 5.41) is 25.8. The Bertz CT molecular complexity index is 1330. The summed E-state index contributed by atoms with van der Waals surface area (Å²) in [6.45, 7) is 9.32. The molecule has 234 valence electrons. The molecule has 0 spiro atoms. The van der Waals surface area contributed by atoms with Crippen LogP contribution in [0.2, 0.25) is 0 Å². The van der Waals surface area contributed by atoms with E-state index < -0.39 is 40.9 Å². The first kappa shape index (κ1) is 32.6. The number of nitrogens with one attached hydrogen (secondary N) is 2. The van der Waals surface area contributed by atoms with Gasteiger partial charge < -0.3 is 25.7 Å². The third-order valence-electron chi connectivity index (χ3n) is 8.79. The number of amides is 3. The lowest BCUT2D eigenvalue weighted by Gasteiger charge is -2.36. The molecule has 2 aromatic rings. The number of likely N-dealkylation sites (tertiary alicyclic amines) is 1.